The lowest BCUT2D eigenvalue weighted by Crippen LogP contribution is -2.41. The van der Waals surface area contributed by atoms with Gasteiger partial charge >= 0.3 is 11.9 Å². The third-order valence-electron chi connectivity index (χ3n) is 7.75. The second kappa shape index (κ2) is 18.7. The zero-order valence-electron chi connectivity index (χ0n) is 26.1. The number of aromatic nitrogens is 2. The summed E-state index contributed by atoms with van der Waals surface area (Å²) in [5.74, 6) is 0.244. The molecule has 3 rings (SSSR count). The Morgan fingerprint density at radius 2 is 1.73 bits per heavy atom. The van der Waals surface area contributed by atoms with E-state index >= 15 is 0 Å². The van der Waals surface area contributed by atoms with Crippen molar-refractivity contribution in [3.63, 3.8) is 0 Å². The van der Waals surface area contributed by atoms with E-state index in [1.807, 2.05) is 6.92 Å². The lowest BCUT2D eigenvalue weighted by Gasteiger charge is -2.34. The maximum absolute atomic E-state index is 13.0. The van der Waals surface area contributed by atoms with E-state index in [4.69, 9.17) is 14.1 Å². The Balaban J connectivity index is 1.32. The monoisotopic (exact) mass is 648 g/mol. The van der Waals surface area contributed by atoms with Crippen LogP contribution >= 0.6 is 21.6 Å². The van der Waals surface area contributed by atoms with E-state index in [1.165, 1.54) is 17.7 Å². The number of benzene rings is 1. The topological polar surface area (TPSA) is 132 Å². The van der Waals surface area contributed by atoms with Gasteiger partial charge in [0.15, 0.2) is 0 Å². The summed E-state index contributed by atoms with van der Waals surface area (Å²) in [7, 11) is 6.88. The minimum Gasteiger partial charge on any atom is -0.465 e. The van der Waals surface area contributed by atoms with E-state index in [-0.39, 0.29) is 49.4 Å². The summed E-state index contributed by atoms with van der Waals surface area (Å²) in [6, 6.07) is 5.15. The molecular formula is C31H44N4O7S2. The van der Waals surface area contributed by atoms with Gasteiger partial charge in [-0.05, 0) is 74.0 Å². The molecule has 1 aromatic carbocycles. The minimum absolute atomic E-state index is 0.0504. The molecule has 13 heteroatoms. The van der Waals surface area contributed by atoms with Crippen LogP contribution in [-0.2, 0) is 23.9 Å². The van der Waals surface area contributed by atoms with Gasteiger partial charge in [-0.3, -0.25) is 19.2 Å². The molecule has 44 heavy (non-hydrogen) atoms. The van der Waals surface area contributed by atoms with Gasteiger partial charge in [0.05, 0.1) is 6.61 Å². The molecular weight excluding hydrogens is 604 g/mol. The first-order valence-corrected chi connectivity index (χ1v) is 17.6. The predicted octanol–water partition coefficient (Wildman–Crippen LogP) is 6.14. The molecule has 0 bridgehead atoms. The second-order valence-corrected chi connectivity index (χ2v) is 13.5. The largest absolute Gasteiger partial charge is 0.465 e. The van der Waals surface area contributed by atoms with Crippen molar-refractivity contribution in [3.05, 3.63) is 34.4 Å². The van der Waals surface area contributed by atoms with E-state index in [1.54, 1.807) is 58.8 Å². The standard InChI is InChI=1S/C31H44N4O7S2/c1-5-6-7-19-43-44-28(22(2)34(3)21-36)17-18-40-29(37)9-8-10-30(38)41-25-14-12-24(13-15-25)35(4)31(39)23-11-16-26-27(20-23)33-42-32-26/h11,16,20-21,24-25H,5-10,12-15,17-19H2,1-4H3/b28-22-/t24-,25-. The van der Waals surface area contributed by atoms with Crippen LogP contribution in [0.3, 0.4) is 0 Å². The number of hydrogen-bond acceptors (Lipinski definition) is 11. The molecule has 1 heterocycles. The average molecular weight is 649 g/mol. The SMILES string of the molecule is CCCCCSS/C(CCOC(=O)CCCC(=O)O[C@H]1CC[C@H](N(C)C(=O)c2ccc3nonc3c2)CC1)=C(/C)N(C)C=O. The summed E-state index contributed by atoms with van der Waals surface area (Å²) in [5.41, 5.74) is 2.51. The molecule has 0 radical (unpaired) electrons. The quantitative estimate of drug-likeness (QED) is 0.0799. The van der Waals surface area contributed by atoms with Crippen molar-refractivity contribution in [2.24, 2.45) is 0 Å². The van der Waals surface area contributed by atoms with Crippen molar-refractivity contribution in [1.29, 1.82) is 0 Å². The zero-order chi connectivity index (χ0) is 31.9. The maximum Gasteiger partial charge on any atom is 0.306 e. The predicted molar refractivity (Wildman–Crippen MR) is 172 cm³/mol. The Morgan fingerprint density at radius 3 is 2.45 bits per heavy atom. The van der Waals surface area contributed by atoms with Crippen molar-refractivity contribution in [1.82, 2.24) is 20.1 Å². The molecule has 0 atom stereocenters. The summed E-state index contributed by atoms with van der Waals surface area (Å²) in [4.78, 5) is 53.2. The smallest absolute Gasteiger partial charge is 0.306 e. The molecule has 0 saturated heterocycles. The average Bonchev–Trinajstić information content (AvgIpc) is 3.51. The van der Waals surface area contributed by atoms with E-state index in [0.29, 0.717) is 42.3 Å². The van der Waals surface area contributed by atoms with Crippen LogP contribution in [-0.4, -0.2) is 83.0 Å². The summed E-state index contributed by atoms with van der Waals surface area (Å²) in [5, 5.41) is 7.57. The summed E-state index contributed by atoms with van der Waals surface area (Å²) >= 11 is 0. The first-order valence-electron chi connectivity index (χ1n) is 15.2. The van der Waals surface area contributed by atoms with E-state index in [2.05, 4.69) is 17.2 Å². The van der Waals surface area contributed by atoms with Gasteiger partial charge < -0.3 is 19.3 Å². The summed E-state index contributed by atoms with van der Waals surface area (Å²) in [6.07, 6.45) is 8.05. The Kier molecular flexibility index (Phi) is 15.0. The summed E-state index contributed by atoms with van der Waals surface area (Å²) in [6.45, 7) is 4.28. The number of ether oxygens (including phenoxy) is 2. The Labute approximate surface area is 267 Å². The second-order valence-electron chi connectivity index (χ2n) is 11.0. The first kappa shape index (κ1) is 35.4. The molecule has 11 nitrogen and oxygen atoms in total. The Hall–Kier alpha value is -3.06. The first-order chi connectivity index (χ1) is 21.2. The van der Waals surface area contributed by atoms with Crippen LogP contribution in [0.1, 0.15) is 94.8 Å². The number of amides is 2. The molecule has 0 aliphatic heterocycles. The Morgan fingerprint density at radius 1 is 1.00 bits per heavy atom. The fraction of sp³-hybridized carbons (Fsp3) is 0.613. The highest BCUT2D eigenvalue weighted by molar-refractivity contribution is 8.78. The third kappa shape index (κ3) is 11.1. The van der Waals surface area contributed by atoms with Crippen LogP contribution in [0.5, 0.6) is 0 Å². The zero-order valence-corrected chi connectivity index (χ0v) is 27.8. The lowest BCUT2D eigenvalue weighted by atomic mass is 9.91. The number of hydrogen-bond donors (Lipinski definition) is 0. The van der Waals surface area contributed by atoms with E-state index in [9.17, 15) is 19.2 Å². The molecule has 0 spiro atoms. The van der Waals surface area contributed by atoms with Gasteiger partial charge in [0.25, 0.3) is 5.91 Å². The van der Waals surface area contributed by atoms with Crippen LogP contribution in [0.2, 0.25) is 0 Å². The molecule has 1 fully saturated rings. The molecule has 0 N–H and O–H groups in total. The van der Waals surface area contributed by atoms with Crippen molar-refractivity contribution in [2.75, 3.05) is 26.5 Å². The molecule has 2 aromatic rings. The van der Waals surface area contributed by atoms with Gasteiger partial charge in [-0.25, -0.2) is 4.63 Å². The van der Waals surface area contributed by atoms with E-state index < -0.39 is 0 Å². The van der Waals surface area contributed by atoms with Gasteiger partial charge in [-0.15, -0.1) is 0 Å². The highest BCUT2D eigenvalue weighted by Gasteiger charge is 2.29. The van der Waals surface area contributed by atoms with E-state index in [0.717, 1.165) is 42.0 Å². The van der Waals surface area contributed by atoms with Crippen molar-refractivity contribution < 1.29 is 33.3 Å². The lowest BCUT2D eigenvalue weighted by molar-refractivity contribution is -0.151. The van der Waals surface area contributed by atoms with Crippen LogP contribution in [0, 0.1) is 0 Å². The number of esters is 2. The normalized spacial score (nSPS) is 17.1. The molecule has 1 aliphatic carbocycles. The molecule has 1 saturated carbocycles. The number of unbranched alkanes of at least 4 members (excludes halogenated alkanes) is 2. The minimum atomic E-state index is -0.355. The number of allylic oxidation sites excluding steroid dienone is 1. The maximum atomic E-state index is 13.0. The van der Waals surface area contributed by atoms with Crippen molar-refractivity contribution >= 4 is 56.9 Å². The summed E-state index contributed by atoms with van der Waals surface area (Å²) < 4.78 is 15.8. The fourth-order valence-corrected chi connectivity index (χ4v) is 7.49. The number of rotatable bonds is 18. The number of fused-ring (bicyclic) bond motifs is 1. The van der Waals surface area contributed by atoms with Crippen LogP contribution in [0.4, 0.5) is 0 Å². The fourth-order valence-electron chi connectivity index (χ4n) is 4.87. The molecule has 0 unspecified atom stereocenters. The molecule has 1 aliphatic rings. The van der Waals surface area contributed by atoms with Crippen molar-refractivity contribution in [2.45, 2.75) is 96.6 Å². The highest BCUT2D eigenvalue weighted by Crippen LogP contribution is 2.35. The van der Waals surface area contributed by atoms with Gasteiger partial charge in [-0.1, -0.05) is 41.4 Å². The van der Waals surface area contributed by atoms with Gasteiger partial charge in [0, 0.05) is 61.3 Å². The molecule has 2 amide bonds. The van der Waals surface area contributed by atoms with Crippen molar-refractivity contribution in [3.8, 4) is 0 Å². The van der Waals surface area contributed by atoms with Gasteiger partial charge in [-0.2, -0.15) is 0 Å². The van der Waals surface area contributed by atoms with Crippen LogP contribution in [0.15, 0.2) is 33.4 Å². The van der Waals surface area contributed by atoms with Crippen LogP contribution in [0.25, 0.3) is 11.0 Å². The molecule has 1 aromatic heterocycles. The number of nitrogens with zero attached hydrogens (tertiary/aromatic N) is 4. The van der Waals surface area contributed by atoms with Crippen LogP contribution < -0.4 is 0 Å². The van der Waals surface area contributed by atoms with Gasteiger partial charge in [0.2, 0.25) is 6.41 Å². The number of carbonyl (C=O) groups excluding carboxylic acids is 4. The third-order valence-corrected chi connectivity index (χ3v) is 10.5. The van der Waals surface area contributed by atoms with Gasteiger partial charge in [0.1, 0.15) is 17.1 Å². The molecule has 242 valence electrons. The highest BCUT2D eigenvalue weighted by atomic mass is 33.1. The number of carbonyl (C=O) groups is 4. The Bertz CT molecular complexity index is 1280.